The smallest absolute Gasteiger partial charge is 0.253 e. The Morgan fingerprint density at radius 3 is 3.18 bits per heavy atom. The summed E-state index contributed by atoms with van der Waals surface area (Å²) in [6.07, 6.45) is 7.69. The molecule has 4 rings (SSSR count). The number of piperidine rings is 1. The molecule has 2 aromatic rings. The summed E-state index contributed by atoms with van der Waals surface area (Å²) in [7, 11) is 1.70. The summed E-state index contributed by atoms with van der Waals surface area (Å²) in [6, 6.07) is 5.46. The zero-order valence-corrected chi connectivity index (χ0v) is 16.7. The summed E-state index contributed by atoms with van der Waals surface area (Å²) >= 11 is 6.08. The van der Waals surface area contributed by atoms with Crippen LogP contribution in [0, 0.1) is 0 Å². The van der Waals surface area contributed by atoms with Crippen molar-refractivity contribution in [2.45, 2.75) is 25.3 Å². The number of rotatable bonds is 5. The lowest BCUT2D eigenvalue weighted by Gasteiger charge is -2.33. The third kappa shape index (κ3) is 3.93. The zero-order chi connectivity index (χ0) is 19.5. The molecule has 0 unspecified atom stereocenters. The maximum absolute atomic E-state index is 13.1. The summed E-state index contributed by atoms with van der Waals surface area (Å²) < 4.78 is 13.1. The van der Waals surface area contributed by atoms with Gasteiger partial charge in [-0.1, -0.05) is 11.6 Å². The molecule has 2 aliphatic heterocycles. The third-order valence-electron chi connectivity index (χ3n) is 5.32. The van der Waals surface area contributed by atoms with Gasteiger partial charge in [0.1, 0.15) is 18.2 Å². The molecule has 1 fully saturated rings. The van der Waals surface area contributed by atoms with E-state index in [4.69, 9.17) is 21.1 Å². The molecule has 0 saturated carbocycles. The molecule has 148 valence electrons. The molecule has 28 heavy (non-hydrogen) atoms. The molecule has 1 aromatic carbocycles. The van der Waals surface area contributed by atoms with E-state index in [2.05, 4.69) is 9.55 Å². The Morgan fingerprint density at radius 1 is 1.43 bits per heavy atom. The number of carbonyl (C=O) groups excluding carboxylic acids is 1. The van der Waals surface area contributed by atoms with Crippen molar-refractivity contribution >= 4 is 23.6 Å². The first-order valence-electron chi connectivity index (χ1n) is 9.58. The SMILES string of the molecule is COCCn1ccnc1[C@@H]1CCCN(C(=O)C2=Cc3cc(Cl)ccc3OC2)C1. The minimum absolute atomic E-state index is 0.0327. The fraction of sp³-hybridized carbons (Fsp3) is 0.429. The van der Waals surface area contributed by atoms with E-state index in [0.717, 1.165) is 43.1 Å². The average Bonchev–Trinajstić information content (AvgIpc) is 3.20. The van der Waals surface area contributed by atoms with Crippen molar-refractivity contribution in [1.29, 1.82) is 0 Å². The second-order valence-electron chi connectivity index (χ2n) is 7.20. The van der Waals surface area contributed by atoms with Crippen LogP contribution in [0.15, 0.2) is 36.2 Å². The van der Waals surface area contributed by atoms with Gasteiger partial charge in [0.05, 0.1) is 12.2 Å². The fourth-order valence-corrected chi connectivity index (χ4v) is 4.09. The van der Waals surface area contributed by atoms with E-state index in [9.17, 15) is 4.79 Å². The number of fused-ring (bicyclic) bond motifs is 1. The van der Waals surface area contributed by atoms with Gasteiger partial charge >= 0.3 is 0 Å². The second kappa shape index (κ2) is 8.37. The van der Waals surface area contributed by atoms with Gasteiger partial charge in [0.2, 0.25) is 0 Å². The van der Waals surface area contributed by atoms with E-state index in [0.29, 0.717) is 23.7 Å². The highest BCUT2D eigenvalue weighted by Crippen LogP contribution is 2.31. The molecule has 1 saturated heterocycles. The molecule has 6 nitrogen and oxygen atoms in total. The molecule has 3 heterocycles. The standard InChI is InChI=1S/C21H24ClN3O3/c1-27-10-9-24-8-6-23-20(24)15-3-2-7-25(13-15)21(26)17-11-16-12-18(22)4-5-19(16)28-14-17/h4-6,8,11-12,15H,2-3,7,9-10,13-14H2,1H3/t15-/m1/s1. The molecule has 0 spiro atoms. The lowest BCUT2D eigenvalue weighted by Crippen LogP contribution is -2.41. The van der Waals surface area contributed by atoms with E-state index in [1.807, 2.05) is 35.5 Å². The molecular formula is C21H24ClN3O3. The van der Waals surface area contributed by atoms with Gasteiger partial charge in [0.25, 0.3) is 5.91 Å². The number of hydrogen-bond acceptors (Lipinski definition) is 4. The van der Waals surface area contributed by atoms with Crippen molar-refractivity contribution in [2.24, 2.45) is 0 Å². The van der Waals surface area contributed by atoms with E-state index in [1.54, 1.807) is 13.2 Å². The Labute approximate surface area is 169 Å². The van der Waals surface area contributed by atoms with Gasteiger partial charge in [-0.15, -0.1) is 0 Å². The van der Waals surface area contributed by atoms with Crippen molar-refractivity contribution in [1.82, 2.24) is 14.5 Å². The van der Waals surface area contributed by atoms with Crippen molar-refractivity contribution in [3.05, 3.63) is 52.6 Å². The van der Waals surface area contributed by atoms with E-state index in [1.165, 1.54) is 0 Å². The summed E-state index contributed by atoms with van der Waals surface area (Å²) in [4.78, 5) is 19.6. The highest BCUT2D eigenvalue weighted by molar-refractivity contribution is 6.30. The summed E-state index contributed by atoms with van der Waals surface area (Å²) in [5.74, 6) is 2.06. The third-order valence-corrected chi connectivity index (χ3v) is 5.55. The number of methoxy groups -OCH3 is 1. The van der Waals surface area contributed by atoms with Crippen LogP contribution >= 0.6 is 11.6 Å². The van der Waals surface area contributed by atoms with Gasteiger partial charge < -0.3 is 18.9 Å². The number of amides is 1. The van der Waals surface area contributed by atoms with Crippen LogP contribution in [-0.2, 0) is 16.1 Å². The number of nitrogens with zero attached hydrogens (tertiary/aromatic N) is 3. The van der Waals surface area contributed by atoms with Gasteiger partial charge in [-0.05, 0) is 37.1 Å². The first kappa shape index (κ1) is 19.0. The van der Waals surface area contributed by atoms with Crippen LogP contribution in [0.1, 0.15) is 30.1 Å². The number of aromatic nitrogens is 2. The molecule has 1 amide bonds. The van der Waals surface area contributed by atoms with Crippen molar-refractivity contribution in [3.63, 3.8) is 0 Å². The van der Waals surface area contributed by atoms with Gasteiger partial charge in [-0.3, -0.25) is 4.79 Å². The van der Waals surface area contributed by atoms with Crippen LogP contribution in [0.5, 0.6) is 5.75 Å². The Morgan fingerprint density at radius 2 is 2.32 bits per heavy atom. The Balaban J connectivity index is 1.49. The molecule has 1 atom stereocenters. The Hall–Kier alpha value is -2.31. The maximum atomic E-state index is 13.1. The van der Waals surface area contributed by atoms with Crippen LogP contribution in [0.4, 0.5) is 0 Å². The summed E-state index contributed by atoms with van der Waals surface area (Å²) in [5, 5.41) is 0.633. The number of ether oxygens (including phenoxy) is 2. The van der Waals surface area contributed by atoms with Crippen LogP contribution < -0.4 is 4.74 Å². The number of benzene rings is 1. The quantitative estimate of drug-likeness (QED) is 0.770. The monoisotopic (exact) mass is 401 g/mol. The predicted octanol–water partition coefficient (Wildman–Crippen LogP) is 3.36. The van der Waals surface area contributed by atoms with Crippen LogP contribution in [0.3, 0.4) is 0 Å². The first-order valence-corrected chi connectivity index (χ1v) is 9.95. The van der Waals surface area contributed by atoms with Crippen LogP contribution in [-0.4, -0.2) is 53.8 Å². The minimum atomic E-state index is 0.0327. The number of carbonyl (C=O) groups is 1. The van der Waals surface area contributed by atoms with Gasteiger partial charge in [0.15, 0.2) is 0 Å². The van der Waals surface area contributed by atoms with Gasteiger partial charge in [-0.2, -0.15) is 0 Å². The molecule has 2 aliphatic rings. The molecule has 0 bridgehead atoms. The zero-order valence-electron chi connectivity index (χ0n) is 15.9. The van der Waals surface area contributed by atoms with Crippen LogP contribution in [0.2, 0.25) is 5.02 Å². The summed E-state index contributed by atoms with van der Waals surface area (Å²) in [5.41, 5.74) is 1.52. The topological polar surface area (TPSA) is 56.6 Å². The normalized spacial score (nSPS) is 19.0. The van der Waals surface area contributed by atoms with Gasteiger partial charge in [0, 0.05) is 55.6 Å². The van der Waals surface area contributed by atoms with Crippen molar-refractivity contribution in [3.8, 4) is 5.75 Å². The van der Waals surface area contributed by atoms with E-state index < -0.39 is 0 Å². The van der Waals surface area contributed by atoms with E-state index in [-0.39, 0.29) is 18.4 Å². The molecular weight excluding hydrogens is 378 g/mol. The molecule has 1 aromatic heterocycles. The number of likely N-dealkylation sites (tertiary alicyclic amines) is 1. The summed E-state index contributed by atoms with van der Waals surface area (Å²) in [6.45, 7) is 3.13. The molecule has 0 aliphatic carbocycles. The predicted molar refractivity (Wildman–Crippen MR) is 108 cm³/mol. The average molecular weight is 402 g/mol. The molecule has 7 heteroatoms. The molecule has 0 radical (unpaired) electrons. The second-order valence-corrected chi connectivity index (χ2v) is 7.64. The number of imidazole rings is 1. The maximum Gasteiger partial charge on any atom is 0.253 e. The fourth-order valence-electron chi connectivity index (χ4n) is 3.91. The molecule has 0 N–H and O–H groups in total. The first-order chi connectivity index (χ1) is 13.7. The lowest BCUT2D eigenvalue weighted by atomic mass is 9.96. The number of halogens is 1. The van der Waals surface area contributed by atoms with E-state index >= 15 is 0 Å². The Bertz CT molecular complexity index is 893. The highest BCUT2D eigenvalue weighted by atomic mass is 35.5. The van der Waals surface area contributed by atoms with Gasteiger partial charge in [-0.25, -0.2) is 4.98 Å². The Kier molecular flexibility index (Phi) is 5.69. The van der Waals surface area contributed by atoms with Crippen LogP contribution in [0.25, 0.3) is 6.08 Å². The lowest BCUT2D eigenvalue weighted by molar-refractivity contribution is -0.128. The number of hydrogen-bond donors (Lipinski definition) is 0. The highest BCUT2D eigenvalue weighted by Gasteiger charge is 2.30. The minimum Gasteiger partial charge on any atom is -0.488 e. The largest absolute Gasteiger partial charge is 0.488 e. The van der Waals surface area contributed by atoms with Crippen molar-refractivity contribution < 1.29 is 14.3 Å². The van der Waals surface area contributed by atoms with Crippen molar-refractivity contribution in [2.75, 3.05) is 33.4 Å².